The number of carboxylic acid groups (broad SMARTS) is 1. The summed E-state index contributed by atoms with van der Waals surface area (Å²) in [5.74, 6) is -1.20. The van der Waals surface area contributed by atoms with Crippen molar-refractivity contribution in [3.05, 3.63) is 0 Å². The summed E-state index contributed by atoms with van der Waals surface area (Å²) in [5.41, 5.74) is 0. The monoisotopic (exact) mass is 241 g/mol. The number of nitrogens with one attached hydrogen (secondary N) is 1. The van der Waals surface area contributed by atoms with Crippen LogP contribution in [0.3, 0.4) is 0 Å². The van der Waals surface area contributed by atoms with Gasteiger partial charge in [-0.3, -0.25) is 0 Å². The van der Waals surface area contributed by atoms with Gasteiger partial charge in [-0.15, -0.1) is 0 Å². The zero-order chi connectivity index (χ0) is 10.8. The molecule has 0 heterocycles. The summed E-state index contributed by atoms with van der Waals surface area (Å²) < 4.78 is 0. The smallest absolute Gasteiger partial charge is 0.550 e. The maximum Gasteiger partial charge on any atom is 1.00 e. The van der Waals surface area contributed by atoms with Gasteiger partial charge in [0.2, 0.25) is 0 Å². The van der Waals surface area contributed by atoms with Crippen LogP contribution in [0.1, 0.15) is 39.0 Å². The van der Waals surface area contributed by atoms with E-state index in [0.29, 0.717) is 6.54 Å². The SMILES string of the molecule is CCCCCCNCC(O)CC(=O)[O-].[K+]. The Morgan fingerprint density at radius 2 is 2.07 bits per heavy atom. The molecule has 0 aliphatic carbocycles. The summed E-state index contributed by atoms with van der Waals surface area (Å²) >= 11 is 0. The van der Waals surface area contributed by atoms with Crippen molar-refractivity contribution in [3.8, 4) is 0 Å². The van der Waals surface area contributed by atoms with Gasteiger partial charge in [-0.1, -0.05) is 26.2 Å². The third-order valence-corrected chi connectivity index (χ3v) is 1.99. The molecule has 0 aliphatic heterocycles. The minimum Gasteiger partial charge on any atom is -0.550 e. The zero-order valence-electron chi connectivity index (χ0n) is 9.79. The molecule has 1 unspecified atom stereocenters. The molecule has 0 amide bonds. The van der Waals surface area contributed by atoms with Crippen LogP contribution in [-0.4, -0.2) is 30.3 Å². The maximum absolute atomic E-state index is 10.1. The van der Waals surface area contributed by atoms with E-state index < -0.39 is 12.1 Å². The number of hydrogen-bond acceptors (Lipinski definition) is 4. The maximum atomic E-state index is 10.1. The Morgan fingerprint density at radius 1 is 1.40 bits per heavy atom. The number of carbonyl (C=O) groups excluding carboxylic acids is 1. The summed E-state index contributed by atoms with van der Waals surface area (Å²) in [6.45, 7) is 3.32. The van der Waals surface area contributed by atoms with Crippen molar-refractivity contribution in [2.45, 2.75) is 45.1 Å². The summed E-state index contributed by atoms with van der Waals surface area (Å²) in [4.78, 5) is 10.1. The Hall–Kier alpha value is 1.03. The van der Waals surface area contributed by atoms with E-state index in [9.17, 15) is 9.90 Å². The predicted octanol–water partition coefficient (Wildman–Crippen LogP) is -3.34. The van der Waals surface area contributed by atoms with Crippen LogP contribution in [0, 0.1) is 0 Å². The molecule has 0 spiro atoms. The first-order valence-electron chi connectivity index (χ1n) is 5.25. The van der Waals surface area contributed by atoms with Crippen LogP contribution in [0.4, 0.5) is 0 Å². The number of unbranched alkanes of at least 4 members (excludes halogenated alkanes) is 3. The van der Waals surface area contributed by atoms with Gasteiger partial charge in [0.15, 0.2) is 0 Å². The normalized spacial score (nSPS) is 11.9. The second-order valence-electron chi connectivity index (χ2n) is 3.49. The van der Waals surface area contributed by atoms with Crippen molar-refractivity contribution >= 4 is 5.97 Å². The first-order valence-corrected chi connectivity index (χ1v) is 5.25. The number of aliphatic hydroxyl groups excluding tert-OH is 1. The molecule has 1 atom stereocenters. The Balaban J connectivity index is 0. The zero-order valence-corrected chi connectivity index (χ0v) is 12.9. The van der Waals surface area contributed by atoms with Crippen LogP contribution in [0.25, 0.3) is 0 Å². The average Bonchev–Trinajstić information content (AvgIpc) is 2.10. The third-order valence-electron chi connectivity index (χ3n) is 1.99. The van der Waals surface area contributed by atoms with Crippen LogP contribution in [-0.2, 0) is 4.79 Å². The molecule has 0 radical (unpaired) electrons. The number of aliphatic carboxylic acids is 1. The largest absolute Gasteiger partial charge is 1.00 e. The summed E-state index contributed by atoms with van der Waals surface area (Å²) in [7, 11) is 0. The molecule has 4 nitrogen and oxygen atoms in total. The van der Waals surface area contributed by atoms with E-state index in [2.05, 4.69) is 12.2 Å². The Kier molecular flexibility index (Phi) is 16.1. The summed E-state index contributed by atoms with van der Waals surface area (Å²) in [5, 5.41) is 22.2. The van der Waals surface area contributed by atoms with Gasteiger partial charge in [0.1, 0.15) is 0 Å². The van der Waals surface area contributed by atoms with E-state index >= 15 is 0 Å². The van der Waals surface area contributed by atoms with Gasteiger partial charge in [-0.05, 0) is 13.0 Å². The first-order chi connectivity index (χ1) is 6.66. The molecule has 0 saturated carbocycles. The molecule has 0 bridgehead atoms. The topological polar surface area (TPSA) is 72.4 Å². The van der Waals surface area contributed by atoms with Gasteiger partial charge < -0.3 is 20.3 Å². The molecule has 15 heavy (non-hydrogen) atoms. The fraction of sp³-hybridized carbons (Fsp3) is 0.900. The van der Waals surface area contributed by atoms with E-state index in [1.165, 1.54) is 19.3 Å². The van der Waals surface area contributed by atoms with Crippen molar-refractivity contribution in [2.75, 3.05) is 13.1 Å². The minimum atomic E-state index is -1.20. The van der Waals surface area contributed by atoms with E-state index in [0.717, 1.165) is 13.0 Å². The van der Waals surface area contributed by atoms with Gasteiger partial charge in [-0.25, -0.2) is 0 Å². The van der Waals surface area contributed by atoms with Crippen LogP contribution in [0.5, 0.6) is 0 Å². The Morgan fingerprint density at radius 3 is 2.60 bits per heavy atom. The molecule has 5 heteroatoms. The molecule has 0 aromatic rings. The van der Waals surface area contributed by atoms with E-state index in [-0.39, 0.29) is 57.8 Å². The fourth-order valence-electron chi connectivity index (χ4n) is 1.21. The molecule has 0 rings (SSSR count). The molecular weight excluding hydrogens is 221 g/mol. The Bertz CT molecular complexity index is 156. The third kappa shape index (κ3) is 15.0. The molecule has 0 saturated heterocycles. The summed E-state index contributed by atoms with van der Waals surface area (Å²) in [6.07, 6.45) is 3.57. The van der Waals surface area contributed by atoms with E-state index in [4.69, 9.17) is 5.11 Å². The number of carbonyl (C=O) groups is 1. The van der Waals surface area contributed by atoms with Gasteiger partial charge >= 0.3 is 51.4 Å². The molecular formula is C10H20KNO3. The van der Waals surface area contributed by atoms with Crippen LogP contribution < -0.4 is 61.8 Å². The first kappa shape index (κ1) is 18.4. The van der Waals surface area contributed by atoms with Gasteiger partial charge in [0.25, 0.3) is 0 Å². The van der Waals surface area contributed by atoms with Gasteiger partial charge in [0.05, 0.1) is 6.10 Å². The standard InChI is InChI=1S/C10H21NO3.K/c1-2-3-4-5-6-11-8-9(12)7-10(13)14;/h9,11-12H,2-8H2,1H3,(H,13,14);/q;+1/p-1. The molecule has 84 valence electrons. The van der Waals surface area contributed by atoms with Crippen LogP contribution in [0.2, 0.25) is 0 Å². The minimum absolute atomic E-state index is 0. The van der Waals surface area contributed by atoms with Crippen molar-refractivity contribution in [1.29, 1.82) is 0 Å². The fourth-order valence-corrected chi connectivity index (χ4v) is 1.21. The summed E-state index contributed by atoms with van der Waals surface area (Å²) in [6, 6.07) is 0. The molecule has 2 N–H and O–H groups in total. The van der Waals surface area contributed by atoms with Crippen LogP contribution in [0.15, 0.2) is 0 Å². The van der Waals surface area contributed by atoms with Crippen LogP contribution >= 0.6 is 0 Å². The Labute approximate surface area is 134 Å². The molecule has 0 aromatic carbocycles. The number of aliphatic hydroxyl groups is 1. The van der Waals surface area contributed by atoms with Crippen molar-refractivity contribution in [2.24, 2.45) is 0 Å². The van der Waals surface area contributed by atoms with E-state index in [1.807, 2.05) is 0 Å². The molecule has 0 aromatic heterocycles. The molecule has 0 aliphatic rings. The van der Waals surface area contributed by atoms with Crippen molar-refractivity contribution < 1.29 is 66.4 Å². The van der Waals surface area contributed by atoms with Gasteiger partial charge in [-0.2, -0.15) is 0 Å². The average molecular weight is 241 g/mol. The predicted molar refractivity (Wildman–Crippen MR) is 52.6 cm³/mol. The van der Waals surface area contributed by atoms with Crippen molar-refractivity contribution in [1.82, 2.24) is 5.32 Å². The number of rotatable bonds is 9. The van der Waals surface area contributed by atoms with Crippen molar-refractivity contribution in [3.63, 3.8) is 0 Å². The van der Waals surface area contributed by atoms with E-state index in [1.54, 1.807) is 0 Å². The number of carboxylic acids is 1. The second kappa shape index (κ2) is 13.1. The quantitative estimate of drug-likeness (QED) is 0.327. The van der Waals surface area contributed by atoms with Gasteiger partial charge in [0, 0.05) is 18.9 Å². The molecule has 0 fully saturated rings. The number of hydrogen-bond donors (Lipinski definition) is 2. The second-order valence-corrected chi connectivity index (χ2v) is 3.49.